The van der Waals surface area contributed by atoms with Crippen molar-refractivity contribution in [2.24, 2.45) is 28.9 Å². The van der Waals surface area contributed by atoms with E-state index in [1.807, 2.05) is 0 Å². The number of carbonyl (C=O) groups excluding carboxylic acids is 9. The number of nitrogens with one attached hydrogen (secondary N) is 8. The quantitative estimate of drug-likeness (QED) is 0.0168. The zero-order valence-corrected chi connectivity index (χ0v) is 63.2. The maximum atomic E-state index is 15.3. The van der Waals surface area contributed by atoms with Gasteiger partial charge in [0.2, 0.25) is 0 Å². The first-order valence-electron chi connectivity index (χ1n) is 37.2. The Hall–Kier alpha value is -13.4. The maximum Gasteiger partial charge on any atom is 0.490 e. The molecule has 8 aromatic carbocycles. The molecule has 11 rings (SSSR count). The van der Waals surface area contributed by atoms with Crippen molar-refractivity contribution in [1.82, 2.24) is 5.32 Å². The van der Waals surface area contributed by atoms with Crippen LogP contribution >= 0.6 is 0 Å². The van der Waals surface area contributed by atoms with Crippen LogP contribution in [0.3, 0.4) is 0 Å². The van der Waals surface area contributed by atoms with Gasteiger partial charge in [0, 0.05) is 64.7 Å². The molecule has 8 aromatic rings. The van der Waals surface area contributed by atoms with Crippen LogP contribution < -0.4 is 65.5 Å². The van der Waals surface area contributed by atoms with Crippen molar-refractivity contribution in [1.29, 1.82) is 0 Å². The van der Waals surface area contributed by atoms with Gasteiger partial charge in [0.05, 0.1) is 24.6 Å². The number of amides is 8. The molecular formula is C82H87F3N12O22. The van der Waals surface area contributed by atoms with E-state index in [0.717, 1.165) is 0 Å². The molecule has 0 spiro atoms. The molecule has 119 heavy (non-hydrogen) atoms. The van der Waals surface area contributed by atoms with Crippen LogP contribution in [0, 0.1) is 5.92 Å². The normalized spacial score (nSPS) is 22.6. The first-order chi connectivity index (χ1) is 57.4. The fourth-order valence-corrected chi connectivity index (χ4v) is 13.0. The molecule has 0 bridgehead atoms. The number of aliphatic carboxylic acids is 1. The first-order valence-corrected chi connectivity index (χ1v) is 37.2. The summed E-state index contributed by atoms with van der Waals surface area (Å²) in [6, 6.07) is 61.1. The van der Waals surface area contributed by atoms with Crippen LogP contribution in [0.1, 0.15) is 24.8 Å². The number of hydrogen-bond donors (Lipinski definition) is 13. The van der Waals surface area contributed by atoms with Gasteiger partial charge >= 0.3 is 60.8 Å². The Kier molecular flexibility index (Phi) is 32.2. The van der Waals surface area contributed by atoms with E-state index in [-0.39, 0.29) is 48.6 Å². The monoisotopic (exact) mass is 1650 g/mol. The minimum Gasteiger partial charge on any atom is -0.475 e. The maximum absolute atomic E-state index is 15.3. The van der Waals surface area contributed by atoms with E-state index in [4.69, 9.17) is 84.9 Å². The molecule has 2 aliphatic heterocycles. The van der Waals surface area contributed by atoms with Crippen LogP contribution in [-0.4, -0.2) is 183 Å². The molecule has 1 saturated carbocycles. The van der Waals surface area contributed by atoms with E-state index in [0.29, 0.717) is 22.6 Å². The molecule has 17 N–H and O–H groups in total. The van der Waals surface area contributed by atoms with Crippen molar-refractivity contribution in [3.63, 3.8) is 0 Å². The van der Waals surface area contributed by atoms with Gasteiger partial charge in [0.1, 0.15) is 31.0 Å². The first kappa shape index (κ1) is 87.9. The summed E-state index contributed by atoms with van der Waals surface area (Å²) < 4.78 is 102. The molecule has 0 aromatic heterocycles. The summed E-state index contributed by atoms with van der Waals surface area (Å²) in [6.45, 7) is -1.46. The summed E-state index contributed by atoms with van der Waals surface area (Å²) in [7, 11) is 0. The predicted molar refractivity (Wildman–Crippen MR) is 423 cm³/mol. The minimum atomic E-state index is -5.08. The summed E-state index contributed by atoms with van der Waals surface area (Å²) >= 11 is 0. The van der Waals surface area contributed by atoms with Crippen molar-refractivity contribution < 1.29 is 118 Å². The topological polar surface area (TPSA) is 493 Å². The van der Waals surface area contributed by atoms with Gasteiger partial charge in [-0.2, -0.15) is 13.2 Å². The molecule has 37 heteroatoms. The van der Waals surface area contributed by atoms with E-state index >= 15 is 9.59 Å². The van der Waals surface area contributed by atoms with E-state index in [9.17, 15) is 46.7 Å². The Labute approximate surface area is 678 Å². The molecule has 0 unspecified atom stereocenters. The van der Waals surface area contributed by atoms with Gasteiger partial charge in [-0.05, 0) is 110 Å². The summed E-state index contributed by atoms with van der Waals surface area (Å²) in [5.41, 5.74) is 29.9. The summed E-state index contributed by atoms with van der Waals surface area (Å²) in [5, 5.41) is 28.5. The molecule has 2 saturated heterocycles. The number of halogens is 3. The Morgan fingerprint density at radius 3 is 1.18 bits per heavy atom. The van der Waals surface area contributed by atoms with Crippen LogP contribution in [0.5, 0.6) is 0 Å². The summed E-state index contributed by atoms with van der Waals surface area (Å²) in [4.78, 5) is 139. The smallest absolute Gasteiger partial charge is 0.475 e. The second-order valence-electron chi connectivity index (χ2n) is 26.9. The van der Waals surface area contributed by atoms with Crippen LogP contribution in [0.2, 0.25) is 0 Å². The van der Waals surface area contributed by atoms with E-state index < -0.39 is 184 Å². The molecule has 0 radical (unpaired) electrons. The van der Waals surface area contributed by atoms with Gasteiger partial charge < -0.3 is 85.5 Å². The number of carboxylic acid groups (broad SMARTS) is 1. The number of alkyl halides is 3. The van der Waals surface area contributed by atoms with E-state index in [1.165, 1.54) is 0 Å². The van der Waals surface area contributed by atoms with Crippen LogP contribution in [0.4, 0.5) is 86.5 Å². The lowest BCUT2D eigenvalue weighted by atomic mass is 9.73. The van der Waals surface area contributed by atoms with Crippen molar-refractivity contribution >= 4 is 100 Å². The average Bonchev–Trinajstić information content (AvgIpc) is 0.766. The number of rotatable bonds is 27. The van der Waals surface area contributed by atoms with Gasteiger partial charge in [-0.15, -0.1) is 0 Å². The zero-order chi connectivity index (χ0) is 84.8. The minimum absolute atomic E-state index is 0.211. The number of benzene rings is 8. The van der Waals surface area contributed by atoms with Crippen molar-refractivity contribution in [3.05, 3.63) is 248 Å². The third-order valence-electron chi connectivity index (χ3n) is 18.4. The molecule has 16 atom stereocenters. The summed E-state index contributed by atoms with van der Waals surface area (Å²) in [5.74, 6) is -6.06. The second kappa shape index (κ2) is 43.5. The number of nitrogens with two attached hydrogens (primary N) is 4. The van der Waals surface area contributed by atoms with Crippen molar-refractivity contribution in [2.75, 3.05) is 56.9 Å². The molecule has 34 nitrogen and oxygen atoms in total. The van der Waals surface area contributed by atoms with E-state index in [1.54, 1.807) is 243 Å². The van der Waals surface area contributed by atoms with Crippen molar-refractivity contribution in [3.8, 4) is 0 Å². The summed E-state index contributed by atoms with van der Waals surface area (Å²) in [6.07, 6.45) is -35.4. The van der Waals surface area contributed by atoms with Crippen LogP contribution in [-0.2, 0) is 72.9 Å². The fourth-order valence-electron chi connectivity index (χ4n) is 13.0. The zero-order valence-electron chi connectivity index (χ0n) is 63.2. The predicted octanol–water partition coefficient (Wildman–Crippen LogP) is 10.5. The fraction of sp³-hybridized carbons (Fsp3) is 0.293. The molecule has 3 aliphatic rings. The average molecular weight is 1650 g/mol. The molecule has 1 aliphatic carbocycles. The van der Waals surface area contributed by atoms with Gasteiger partial charge in [0.15, 0.2) is 42.9 Å². The van der Waals surface area contributed by atoms with Crippen molar-refractivity contribution in [2.45, 2.75) is 123 Å². The largest absolute Gasteiger partial charge is 0.490 e. The molecule has 8 amide bonds. The standard InChI is InChI=1S/C80H86N12O20.C2HF3O2/c81-42-41-59(105-75(96)86-50-29-13-3-14-30-50)72(94)92-58-45-57(83)56(44-60-68(110-78(99)89-53-35-19-6-20-36-53)71(112-80(101)91-55-39-23-8-24-40-55)69(61(46-82)103-60)111-79(100)90-54-37-21-7-22-38-54)65(108-76(97)87-51-31-15-4-16-32-51)66(58)107-73-70(106-63(93)43-48-25-9-1-10-26-48)64(84)67(109-77(98)88-52-33-17-5-18-34-52)62(104-73)47-102-74(95)85-49-27-11-2-12-28-49;3-2(4,5)1(6)7/h1-40,56-62,64-71,73H,41-47,81-84H2,(H,85,95)(H,86,96)(H,87,97)(H,88,98)(H,89,99)(H,90,100)(H,91,101)(H,92,94);(H,6,7)/t56-,57+,58-,59+,60-,61-,62-,64+,65+,66+,67-,68+,69-,70-,71-,73-;/m1./s1. The Bertz CT molecular complexity index is 4620. The number of esters is 1. The number of anilines is 7. The second-order valence-corrected chi connectivity index (χ2v) is 26.9. The number of carbonyl (C=O) groups is 10. The Morgan fingerprint density at radius 2 is 0.790 bits per heavy atom. The van der Waals surface area contributed by atoms with Gasteiger partial charge in [-0.3, -0.25) is 46.8 Å². The third-order valence-corrected chi connectivity index (χ3v) is 18.4. The van der Waals surface area contributed by atoms with E-state index in [2.05, 4.69) is 42.5 Å². The van der Waals surface area contributed by atoms with Crippen LogP contribution in [0.25, 0.3) is 0 Å². The lowest BCUT2D eigenvalue weighted by molar-refractivity contribution is -0.305. The highest BCUT2D eigenvalue weighted by Crippen LogP contribution is 2.41. The lowest BCUT2D eigenvalue weighted by Gasteiger charge is -2.51. The van der Waals surface area contributed by atoms with Gasteiger partial charge in [0.25, 0.3) is 5.91 Å². The SMILES string of the molecule is NCC[C@H](OC(=O)Nc1ccccc1)C(=O)N[C@@H]1C[C@H](N)[C@@H](C[C@H]2O[C@H](CN)[C@@H](OC(=O)Nc3ccccc3)[C@H](OC(=O)Nc3ccccc3)[C@H]2OC(=O)Nc2ccccc2)[C@H](OC(=O)Nc2ccccc2)[C@H]1O[C@H]1O[C@H](COC(=O)Nc2ccccc2)[C@@H](OC(=O)Nc2ccccc2)[C@H](N)[C@H]1OC(=O)Cc1ccccc1.O=C(O)C(F)(F)F. The number of para-hydroxylation sites is 7. The lowest BCUT2D eigenvalue weighted by Crippen LogP contribution is -2.69. The van der Waals surface area contributed by atoms with Gasteiger partial charge in [-0.1, -0.05) is 158 Å². The number of carboxylic acids is 1. The molecule has 3 fully saturated rings. The highest BCUT2D eigenvalue weighted by molar-refractivity contribution is 5.90. The molecular weight excluding hydrogens is 1560 g/mol. The highest BCUT2D eigenvalue weighted by Gasteiger charge is 2.58. The van der Waals surface area contributed by atoms with Gasteiger partial charge in [-0.25, -0.2) is 38.4 Å². The molecule has 2 heterocycles. The van der Waals surface area contributed by atoms with Crippen LogP contribution in [0.15, 0.2) is 243 Å². The third kappa shape index (κ3) is 26.8. The Balaban J connectivity index is 0.00000203. The number of ether oxygens (including phenoxy) is 11. The molecule has 628 valence electrons. The Morgan fingerprint density at radius 1 is 0.429 bits per heavy atom. The number of hydrogen-bond acceptors (Lipinski definition) is 25. The highest BCUT2D eigenvalue weighted by atomic mass is 19.4.